The van der Waals surface area contributed by atoms with E-state index in [2.05, 4.69) is 27.6 Å². The van der Waals surface area contributed by atoms with Crippen LogP contribution in [0.15, 0.2) is 113 Å². The van der Waals surface area contributed by atoms with Gasteiger partial charge in [-0.2, -0.15) is 0 Å². The molecule has 0 aliphatic carbocycles. The molecule has 1 atom stereocenters. The highest BCUT2D eigenvalue weighted by atomic mass is 32.2. The standard InChI is InChI=1S/C29H26N4O2S/c1-21-11-8-9-16-25(21)33-28(26-17-10-18-35-26)31-32-29(33)36-20-27(34)30-24(23-14-6-3-7-15-23)19-22-12-4-2-5-13-22/h2-18,24H,19-20H2,1H3,(H,30,34). The van der Waals surface area contributed by atoms with Crippen molar-refractivity contribution in [2.45, 2.75) is 24.5 Å². The lowest BCUT2D eigenvalue weighted by Gasteiger charge is -2.19. The summed E-state index contributed by atoms with van der Waals surface area (Å²) in [6, 6.07) is 31.8. The maximum atomic E-state index is 13.1. The highest BCUT2D eigenvalue weighted by Gasteiger charge is 2.21. The Hall–Kier alpha value is -4.10. The predicted molar refractivity (Wildman–Crippen MR) is 142 cm³/mol. The van der Waals surface area contributed by atoms with Crippen molar-refractivity contribution in [1.29, 1.82) is 0 Å². The Labute approximate surface area is 214 Å². The van der Waals surface area contributed by atoms with Crippen LogP contribution in [0.1, 0.15) is 22.7 Å². The van der Waals surface area contributed by atoms with E-state index in [1.165, 1.54) is 17.3 Å². The zero-order chi connectivity index (χ0) is 24.7. The molecule has 36 heavy (non-hydrogen) atoms. The second-order valence-corrected chi connectivity index (χ2v) is 9.36. The van der Waals surface area contributed by atoms with Gasteiger partial charge in [-0.15, -0.1) is 10.2 Å². The van der Waals surface area contributed by atoms with Crippen molar-refractivity contribution < 1.29 is 9.21 Å². The number of aromatic nitrogens is 3. The summed E-state index contributed by atoms with van der Waals surface area (Å²) in [7, 11) is 0. The summed E-state index contributed by atoms with van der Waals surface area (Å²) in [5.74, 6) is 1.36. The van der Waals surface area contributed by atoms with Crippen molar-refractivity contribution >= 4 is 17.7 Å². The van der Waals surface area contributed by atoms with E-state index in [4.69, 9.17) is 4.42 Å². The minimum absolute atomic E-state index is 0.0660. The molecule has 0 fully saturated rings. The van der Waals surface area contributed by atoms with Crippen molar-refractivity contribution in [3.8, 4) is 17.3 Å². The Morgan fingerprint density at radius 3 is 2.36 bits per heavy atom. The van der Waals surface area contributed by atoms with E-state index in [-0.39, 0.29) is 17.7 Å². The molecule has 1 N–H and O–H groups in total. The third-order valence-corrected chi connectivity index (χ3v) is 6.81. The fraction of sp³-hybridized carbons (Fsp3) is 0.138. The first kappa shape index (κ1) is 23.6. The van der Waals surface area contributed by atoms with Crippen LogP contribution in [0, 0.1) is 6.92 Å². The van der Waals surface area contributed by atoms with Crippen LogP contribution in [-0.2, 0) is 11.2 Å². The third-order valence-electron chi connectivity index (χ3n) is 5.88. The van der Waals surface area contributed by atoms with E-state index in [0.29, 0.717) is 23.2 Å². The average molecular weight is 495 g/mol. The number of benzene rings is 3. The van der Waals surface area contributed by atoms with Crippen LogP contribution in [0.4, 0.5) is 0 Å². The molecule has 7 heteroatoms. The van der Waals surface area contributed by atoms with Crippen molar-refractivity contribution in [3.63, 3.8) is 0 Å². The first-order valence-corrected chi connectivity index (χ1v) is 12.7. The number of thioether (sulfide) groups is 1. The number of amides is 1. The van der Waals surface area contributed by atoms with Crippen LogP contribution in [0.2, 0.25) is 0 Å². The molecule has 1 unspecified atom stereocenters. The molecule has 0 aliphatic rings. The number of hydrogen-bond acceptors (Lipinski definition) is 5. The van der Waals surface area contributed by atoms with Crippen LogP contribution < -0.4 is 5.32 Å². The molecule has 5 aromatic rings. The first-order chi connectivity index (χ1) is 17.7. The summed E-state index contributed by atoms with van der Waals surface area (Å²) in [5.41, 5.74) is 4.26. The number of hydrogen-bond donors (Lipinski definition) is 1. The summed E-state index contributed by atoms with van der Waals surface area (Å²) in [6.07, 6.45) is 2.33. The van der Waals surface area contributed by atoms with Crippen molar-refractivity contribution in [2.24, 2.45) is 0 Å². The summed E-state index contributed by atoms with van der Waals surface area (Å²) in [5, 5.41) is 12.6. The van der Waals surface area contributed by atoms with E-state index in [1.807, 2.05) is 96.4 Å². The van der Waals surface area contributed by atoms with Gasteiger partial charge in [0.15, 0.2) is 10.9 Å². The van der Waals surface area contributed by atoms with E-state index in [0.717, 1.165) is 16.8 Å². The normalized spacial score (nSPS) is 11.8. The van der Waals surface area contributed by atoms with Crippen LogP contribution in [0.25, 0.3) is 17.3 Å². The highest BCUT2D eigenvalue weighted by Crippen LogP contribution is 2.30. The van der Waals surface area contributed by atoms with E-state index >= 15 is 0 Å². The predicted octanol–water partition coefficient (Wildman–Crippen LogP) is 6.03. The lowest BCUT2D eigenvalue weighted by molar-refractivity contribution is -0.119. The topological polar surface area (TPSA) is 73.0 Å². The molecule has 0 radical (unpaired) electrons. The van der Waals surface area contributed by atoms with Crippen LogP contribution in [0.5, 0.6) is 0 Å². The Balaban J connectivity index is 1.36. The zero-order valence-electron chi connectivity index (χ0n) is 19.9. The minimum Gasteiger partial charge on any atom is -0.461 e. The second kappa shape index (κ2) is 11.1. The van der Waals surface area contributed by atoms with Crippen molar-refractivity contribution in [2.75, 3.05) is 5.75 Å². The molecule has 1 amide bonds. The first-order valence-electron chi connectivity index (χ1n) is 11.8. The van der Waals surface area contributed by atoms with Gasteiger partial charge in [-0.1, -0.05) is 90.6 Å². The minimum atomic E-state index is -0.130. The molecule has 6 nitrogen and oxygen atoms in total. The molecular weight excluding hydrogens is 468 g/mol. The van der Waals surface area contributed by atoms with Gasteiger partial charge in [-0.3, -0.25) is 9.36 Å². The smallest absolute Gasteiger partial charge is 0.230 e. The molecule has 2 aromatic heterocycles. The molecule has 0 saturated carbocycles. The van der Waals surface area contributed by atoms with Gasteiger partial charge in [-0.05, 0) is 48.2 Å². The van der Waals surface area contributed by atoms with Gasteiger partial charge in [0.1, 0.15) is 0 Å². The third kappa shape index (κ3) is 5.42. The fourth-order valence-corrected chi connectivity index (χ4v) is 4.87. The highest BCUT2D eigenvalue weighted by molar-refractivity contribution is 7.99. The molecule has 0 spiro atoms. The van der Waals surface area contributed by atoms with E-state index in [1.54, 1.807) is 6.26 Å². The SMILES string of the molecule is Cc1ccccc1-n1c(SCC(=O)NC(Cc2ccccc2)c2ccccc2)nnc1-c1ccco1. The molecule has 180 valence electrons. The molecule has 3 aromatic carbocycles. The Bertz CT molecular complexity index is 1420. The van der Waals surface area contributed by atoms with Gasteiger partial charge in [0.25, 0.3) is 0 Å². The molecular formula is C29H26N4O2S. The van der Waals surface area contributed by atoms with Crippen LogP contribution in [0.3, 0.4) is 0 Å². The maximum absolute atomic E-state index is 13.1. The number of furan rings is 1. The molecule has 0 aliphatic heterocycles. The quantitative estimate of drug-likeness (QED) is 0.253. The average Bonchev–Trinajstić information content (AvgIpc) is 3.59. The van der Waals surface area contributed by atoms with Gasteiger partial charge >= 0.3 is 0 Å². The second-order valence-electron chi connectivity index (χ2n) is 8.41. The van der Waals surface area contributed by atoms with Gasteiger partial charge in [-0.25, -0.2) is 0 Å². The van der Waals surface area contributed by atoms with Gasteiger partial charge < -0.3 is 9.73 Å². The summed E-state index contributed by atoms with van der Waals surface area (Å²) in [4.78, 5) is 13.1. The lowest BCUT2D eigenvalue weighted by Crippen LogP contribution is -2.31. The Morgan fingerprint density at radius 2 is 1.64 bits per heavy atom. The van der Waals surface area contributed by atoms with Gasteiger partial charge in [0, 0.05) is 0 Å². The summed E-state index contributed by atoms with van der Waals surface area (Å²) >= 11 is 1.36. The summed E-state index contributed by atoms with van der Waals surface area (Å²) < 4.78 is 7.56. The molecule has 5 rings (SSSR count). The van der Waals surface area contributed by atoms with Crippen LogP contribution in [-0.4, -0.2) is 26.4 Å². The van der Waals surface area contributed by atoms with E-state index in [9.17, 15) is 4.79 Å². The number of nitrogens with zero attached hydrogens (tertiary/aromatic N) is 3. The number of carbonyl (C=O) groups is 1. The van der Waals surface area contributed by atoms with Crippen molar-refractivity contribution in [1.82, 2.24) is 20.1 Å². The summed E-state index contributed by atoms with van der Waals surface area (Å²) in [6.45, 7) is 2.04. The number of rotatable bonds is 9. The largest absolute Gasteiger partial charge is 0.461 e. The van der Waals surface area contributed by atoms with Crippen LogP contribution >= 0.6 is 11.8 Å². The maximum Gasteiger partial charge on any atom is 0.230 e. The molecule has 0 saturated heterocycles. The van der Waals surface area contributed by atoms with E-state index < -0.39 is 0 Å². The molecule has 0 bridgehead atoms. The number of carbonyl (C=O) groups excluding carboxylic acids is 1. The Morgan fingerprint density at radius 1 is 0.917 bits per heavy atom. The van der Waals surface area contributed by atoms with Gasteiger partial charge in [0.2, 0.25) is 11.7 Å². The fourth-order valence-electron chi connectivity index (χ4n) is 4.11. The number of aryl methyl sites for hydroxylation is 1. The Kier molecular flexibility index (Phi) is 7.28. The molecule has 2 heterocycles. The van der Waals surface area contributed by atoms with Gasteiger partial charge in [0.05, 0.1) is 23.7 Å². The number of nitrogens with one attached hydrogen (secondary N) is 1. The number of para-hydroxylation sites is 1. The zero-order valence-corrected chi connectivity index (χ0v) is 20.7. The monoisotopic (exact) mass is 494 g/mol. The lowest BCUT2D eigenvalue weighted by atomic mass is 9.99. The van der Waals surface area contributed by atoms with Crippen molar-refractivity contribution in [3.05, 3.63) is 120 Å².